The van der Waals surface area contributed by atoms with Gasteiger partial charge in [0, 0.05) is 18.3 Å². The lowest BCUT2D eigenvalue weighted by atomic mass is 10.1. The first-order valence-electron chi connectivity index (χ1n) is 10.7. The van der Waals surface area contributed by atoms with Gasteiger partial charge in [-0.25, -0.2) is 9.69 Å². The summed E-state index contributed by atoms with van der Waals surface area (Å²) in [6, 6.07) is 17.4. The predicted molar refractivity (Wildman–Crippen MR) is 128 cm³/mol. The maximum atomic E-state index is 13.0. The Hall–Kier alpha value is -4.79. The van der Waals surface area contributed by atoms with Crippen LogP contribution in [0.25, 0.3) is 0 Å². The van der Waals surface area contributed by atoms with Crippen LogP contribution in [-0.2, 0) is 14.3 Å². The Morgan fingerprint density at radius 2 is 1.54 bits per heavy atom. The number of fused-ring (bicyclic) bond motifs is 1. The van der Waals surface area contributed by atoms with Crippen LogP contribution in [0.15, 0.2) is 66.7 Å². The number of hydrogen-bond donors (Lipinski definition) is 2. The number of esters is 1. The predicted octanol–water partition coefficient (Wildman–Crippen LogP) is 3.55. The van der Waals surface area contributed by atoms with Gasteiger partial charge in [0.25, 0.3) is 17.7 Å². The second-order valence-corrected chi connectivity index (χ2v) is 7.87. The number of imide groups is 1. The van der Waals surface area contributed by atoms with Crippen LogP contribution in [0.2, 0.25) is 0 Å². The molecule has 1 aliphatic heterocycles. The van der Waals surface area contributed by atoms with Gasteiger partial charge in [-0.2, -0.15) is 0 Å². The molecule has 1 aliphatic rings. The quantitative estimate of drug-likeness (QED) is 0.419. The molecule has 9 nitrogen and oxygen atoms in total. The molecule has 9 heteroatoms. The van der Waals surface area contributed by atoms with Crippen molar-refractivity contribution in [3.8, 4) is 0 Å². The standard InChI is InChI=1S/C26H21N3O6/c1-15-5-3-4-6-22(15)28-23(31)14-35-26(34)17-7-12-20-21(13-17)25(33)29(24(20)32)19-10-8-18(9-11-19)27-16(2)30/h3-13H,14H2,1-2H3,(H,27,30)(H,28,31). The zero-order chi connectivity index (χ0) is 25.1. The van der Waals surface area contributed by atoms with Crippen LogP contribution >= 0.6 is 0 Å². The molecule has 35 heavy (non-hydrogen) atoms. The molecule has 0 aliphatic carbocycles. The number of amides is 4. The van der Waals surface area contributed by atoms with Crippen LogP contribution in [0.3, 0.4) is 0 Å². The zero-order valence-electron chi connectivity index (χ0n) is 19.0. The molecule has 4 amide bonds. The first kappa shape index (κ1) is 23.4. The molecule has 0 saturated heterocycles. The maximum Gasteiger partial charge on any atom is 0.338 e. The lowest BCUT2D eigenvalue weighted by Crippen LogP contribution is -2.29. The number of nitrogens with zero attached hydrogens (tertiary/aromatic N) is 1. The third-order valence-corrected chi connectivity index (χ3v) is 5.32. The van der Waals surface area contributed by atoms with Gasteiger partial charge in [0.15, 0.2) is 6.61 Å². The summed E-state index contributed by atoms with van der Waals surface area (Å²) >= 11 is 0. The number of benzene rings is 3. The van der Waals surface area contributed by atoms with Crippen molar-refractivity contribution in [3.63, 3.8) is 0 Å². The fourth-order valence-corrected chi connectivity index (χ4v) is 3.61. The monoisotopic (exact) mass is 471 g/mol. The van der Waals surface area contributed by atoms with Crippen LogP contribution in [0.5, 0.6) is 0 Å². The highest BCUT2D eigenvalue weighted by atomic mass is 16.5. The molecule has 4 rings (SSSR count). The molecule has 3 aromatic rings. The Morgan fingerprint density at radius 3 is 2.23 bits per heavy atom. The van der Waals surface area contributed by atoms with Crippen molar-refractivity contribution in [2.24, 2.45) is 0 Å². The minimum atomic E-state index is -0.800. The molecule has 0 saturated carbocycles. The van der Waals surface area contributed by atoms with E-state index >= 15 is 0 Å². The maximum absolute atomic E-state index is 13.0. The fourth-order valence-electron chi connectivity index (χ4n) is 3.61. The molecule has 0 atom stereocenters. The second kappa shape index (κ2) is 9.60. The van der Waals surface area contributed by atoms with E-state index in [9.17, 15) is 24.0 Å². The molecule has 0 bridgehead atoms. The molecule has 0 aromatic heterocycles. The fraction of sp³-hybridized carbons (Fsp3) is 0.115. The zero-order valence-corrected chi connectivity index (χ0v) is 19.0. The molecule has 2 N–H and O–H groups in total. The van der Waals surface area contributed by atoms with E-state index in [-0.39, 0.29) is 22.6 Å². The Balaban J connectivity index is 1.44. The number of nitrogens with one attached hydrogen (secondary N) is 2. The van der Waals surface area contributed by atoms with Gasteiger partial charge in [0.05, 0.1) is 22.4 Å². The van der Waals surface area contributed by atoms with E-state index in [0.29, 0.717) is 17.1 Å². The van der Waals surface area contributed by atoms with Crippen molar-refractivity contribution in [1.82, 2.24) is 0 Å². The van der Waals surface area contributed by atoms with E-state index in [1.54, 1.807) is 24.3 Å². The number of hydrogen-bond acceptors (Lipinski definition) is 6. The summed E-state index contributed by atoms with van der Waals surface area (Å²) < 4.78 is 5.08. The summed E-state index contributed by atoms with van der Waals surface area (Å²) in [4.78, 5) is 62.6. The van der Waals surface area contributed by atoms with E-state index in [1.807, 2.05) is 19.1 Å². The van der Waals surface area contributed by atoms with Gasteiger partial charge in [0.1, 0.15) is 0 Å². The van der Waals surface area contributed by atoms with Crippen molar-refractivity contribution >= 4 is 46.7 Å². The van der Waals surface area contributed by atoms with Gasteiger partial charge < -0.3 is 15.4 Å². The third kappa shape index (κ3) is 4.93. The van der Waals surface area contributed by atoms with Crippen LogP contribution in [0.1, 0.15) is 43.6 Å². The minimum Gasteiger partial charge on any atom is -0.452 e. The van der Waals surface area contributed by atoms with Gasteiger partial charge in [0.2, 0.25) is 5.91 Å². The first-order valence-corrected chi connectivity index (χ1v) is 10.7. The molecule has 0 spiro atoms. The van der Waals surface area contributed by atoms with Crippen molar-refractivity contribution in [3.05, 3.63) is 89.0 Å². The van der Waals surface area contributed by atoms with Gasteiger partial charge >= 0.3 is 5.97 Å². The van der Waals surface area contributed by atoms with Crippen LogP contribution in [0, 0.1) is 6.92 Å². The third-order valence-electron chi connectivity index (χ3n) is 5.32. The molecular weight excluding hydrogens is 450 g/mol. The number of para-hydroxylation sites is 1. The Kier molecular flexibility index (Phi) is 6.41. The Morgan fingerprint density at radius 1 is 0.857 bits per heavy atom. The molecule has 0 radical (unpaired) electrons. The van der Waals surface area contributed by atoms with Gasteiger partial charge in [-0.15, -0.1) is 0 Å². The minimum absolute atomic E-state index is 0.0384. The van der Waals surface area contributed by atoms with Crippen molar-refractivity contribution in [2.75, 3.05) is 22.1 Å². The summed E-state index contributed by atoms with van der Waals surface area (Å²) in [7, 11) is 0. The summed E-state index contributed by atoms with van der Waals surface area (Å²) in [5, 5.41) is 5.28. The summed E-state index contributed by atoms with van der Waals surface area (Å²) in [6.07, 6.45) is 0. The van der Waals surface area contributed by atoms with Crippen molar-refractivity contribution in [2.45, 2.75) is 13.8 Å². The number of anilines is 3. The lowest BCUT2D eigenvalue weighted by molar-refractivity contribution is -0.119. The highest BCUT2D eigenvalue weighted by Crippen LogP contribution is 2.30. The Bertz CT molecular complexity index is 1360. The highest BCUT2D eigenvalue weighted by molar-refractivity contribution is 6.34. The SMILES string of the molecule is CC(=O)Nc1ccc(N2C(=O)c3ccc(C(=O)OCC(=O)Nc4ccccc4C)cc3C2=O)cc1. The van der Waals surface area contributed by atoms with E-state index in [2.05, 4.69) is 10.6 Å². The van der Waals surface area contributed by atoms with E-state index in [0.717, 1.165) is 10.5 Å². The number of rotatable bonds is 6. The average molecular weight is 471 g/mol. The molecule has 3 aromatic carbocycles. The smallest absolute Gasteiger partial charge is 0.338 e. The lowest BCUT2D eigenvalue weighted by Gasteiger charge is -2.14. The molecule has 1 heterocycles. The first-order chi connectivity index (χ1) is 16.7. The molecular formula is C26H21N3O6. The second-order valence-electron chi connectivity index (χ2n) is 7.87. The van der Waals surface area contributed by atoms with Crippen LogP contribution in [0.4, 0.5) is 17.1 Å². The molecule has 0 unspecified atom stereocenters. The largest absolute Gasteiger partial charge is 0.452 e. The normalized spacial score (nSPS) is 12.2. The van der Waals surface area contributed by atoms with E-state index in [4.69, 9.17) is 4.74 Å². The van der Waals surface area contributed by atoms with Crippen LogP contribution in [-0.4, -0.2) is 36.2 Å². The van der Waals surface area contributed by atoms with E-state index < -0.39 is 30.3 Å². The summed E-state index contributed by atoms with van der Waals surface area (Å²) in [5.41, 5.74) is 2.56. The van der Waals surface area contributed by atoms with Gasteiger partial charge in [-0.05, 0) is 61.0 Å². The van der Waals surface area contributed by atoms with Crippen LogP contribution < -0.4 is 15.5 Å². The number of carbonyl (C=O) groups is 5. The number of aryl methyl sites for hydroxylation is 1. The Labute approximate surface area is 200 Å². The van der Waals surface area contributed by atoms with Crippen molar-refractivity contribution in [1.29, 1.82) is 0 Å². The summed E-state index contributed by atoms with van der Waals surface area (Å²) in [5.74, 6) is -2.68. The molecule has 176 valence electrons. The summed E-state index contributed by atoms with van der Waals surface area (Å²) in [6.45, 7) is 2.70. The average Bonchev–Trinajstić information content (AvgIpc) is 3.08. The highest BCUT2D eigenvalue weighted by Gasteiger charge is 2.37. The molecule has 0 fully saturated rings. The number of ether oxygens (including phenoxy) is 1. The van der Waals surface area contributed by atoms with Crippen molar-refractivity contribution < 1.29 is 28.7 Å². The number of carbonyl (C=O) groups excluding carboxylic acids is 5. The van der Waals surface area contributed by atoms with E-state index in [1.165, 1.54) is 37.3 Å². The van der Waals surface area contributed by atoms with Gasteiger partial charge in [-0.1, -0.05) is 18.2 Å². The topological polar surface area (TPSA) is 122 Å². The van der Waals surface area contributed by atoms with Gasteiger partial charge in [-0.3, -0.25) is 19.2 Å².